The van der Waals surface area contributed by atoms with Gasteiger partial charge in [-0.1, -0.05) is 31.2 Å². The molecule has 0 saturated carbocycles. The molecule has 2 aromatic rings. The van der Waals surface area contributed by atoms with Crippen LogP contribution >= 0.6 is 0 Å². The summed E-state index contributed by atoms with van der Waals surface area (Å²) in [5.41, 5.74) is 4.31. The quantitative estimate of drug-likeness (QED) is 0.862. The Morgan fingerprint density at radius 1 is 1.05 bits per heavy atom. The van der Waals surface area contributed by atoms with Crippen LogP contribution < -0.4 is 10.1 Å². The van der Waals surface area contributed by atoms with Gasteiger partial charge in [0, 0.05) is 6.54 Å². The van der Waals surface area contributed by atoms with Gasteiger partial charge in [-0.2, -0.15) is 0 Å². The number of halogens is 1. The lowest BCUT2D eigenvalue weighted by atomic mass is 10.1. The Kier molecular flexibility index (Phi) is 5.34. The molecule has 0 aliphatic rings. The lowest BCUT2D eigenvalue weighted by molar-refractivity contribution is 0.301. The summed E-state index contributed by atoms with van der Waals surface area (Å²) in [6.45, 7) is 8.38. The molecule has 3 heteroatoms. The molecule has 0 aliphatic heterocycles. The second-order valence-electron chi connectivity index (χ2n) is 5.26. The van der Waals surface area contributed by atoms with Crippen molar-refractivity contribution in [2.24, 2.45) is 0 Å². The van der Waals surface area contributed by atoms with Crippen molar-refractivity contribution in [3.63, 3.8) is 0 Å². The maximum absolute atomic E-state index is 13.2. The average molecular weight is 287 g/mol. The SMILES string of the molecule is CCNCc1cc(C)c(OCc2cccc(F)c2)c(C)c1. The Hall–Kier alpha value is -1.87. The molecule has 0 saturated heterocycles. The molecular weight excluding hydrogens is 265 g/mol. The number of nitrogens with one attached hydrogen (secondary N) is 1. The van der Waals surface area contributed by atoms with Crippen molar-refractivity contribution < 1.29 is 9.13 Å². The van der Waals surface area contributed by atoms with Gasteiger partial charge in [-0.05, 0) is 54.8 Å². The van der Waals surface area contributed by atoms with Crippen molar-refractivity contribution in [2.45, 2.75) is 33.9 Å². The molecule has 1 N–H and O–H groups in total. The zero-order valence-corrected chi connectivity index (χ0v) is 12.9. The van der Waals surface area contributed by atoms with Gasteiger partial charge in [0.1, 0.15) is 18.2 Å². The predicted octanol–water partition coefficient (Wildman–Crippen LogP) is 4.13. The highest BCUT2D eigenvalue weighted by molar-refractivity contribution is 5.43. The zero-order chi connectivity index (χ0) is 15.2. The summed E-state index contributed by atoms with van der Waals surface area (Å²) in [4.78, 5) is 0. The molecule has 2 rings (SSSR count). The monoisotopic (exact) mass is 287 g/mol. The Labute approximate surface area is 126 Å². The van der Waals surface area contributed by atoms with Crippen LogP contribution in [0.4, 0.5) is 4.39 Å². The molecule has 0 heterocycles. The van der Waals surface area contributed by atoms with E-state index in [1.54, 1.807) is 6.07 Å². The first kappa shape index (κ1) is 15.5. The van der Waals surface area contributed by atoms with Crippen LogP contribution in [0.3, 0.4) is 0 Å². The largest absolute Gasteiger partial charge is 0.488 e. The summed E-state index contributed by atoms with van der Waals surface area (Å²) in [6.07, 6.45) is 0. The van der Waals surface area contributed by atoms with Crippen LogP contribution in [-0.4, -0.2) is 6.54 Å². The maximum Gasteiger partial charge on any atom is 0.125 e. The van der Waals surface area contributed by atoms with Gasteiger partial charge in [0.05, 0.1) is 0 Å². The van der Waals surface area contributed by atoms with Gasteiger partial charge in [-0.15, -0.1) is 0 Å². The van der Waals surface area contributed by atoms with E-state index in [2.05, 4.69) is 24.4 Å². The molecule has 0 spiro atoms. The maximum atomic E-state index is 13.2. The first-order valence-corrected chi connectivity index (χ1v) is 7.28. The molecule has 0 amide bonds. The van der Waals surface area contributed by atoms with E-state index in [1.165, 1.54) is 17.7 Å². The Bertz CT molecular complexity index is 587. The van der Waals surface area contributed by atoms with Crippen LogP contribution in [-0.2, 0) is 13.2 Å². The second-order valence-corrected chi connectivity index (χ2v) is 5.26. The molecule has 21 heavy (non-hydrogen) atoms. The number of rotatable bonds is 6. The van der Waals surface area contributed by atoms with Crippen molar-refractivity contribution in [1.82, 2.24) is 5.32 Å². The number of ether oxygens (including phenoxy) is 1. The Balaban J connectivity index is 2.09. The van der Waals surface area contributed by atoms with E-state index in [1.807, 2.05) is 19.9 Å². The van der Waals surface area contributed by atoms with Gasteiger partial charge >= 0.3 is 0 Å². The lowest BCUT2D eigenvalue weighted by Gasteiger charge is -2.14. The standard InChI is InChI=1S/C18H22FNO/c1-4-20-11-16-8-13(2)18(14(3)9-16)21-12-15-6-5-7-17(19)10-15/h5-10,20H,4,11-12H2,1-3H3. The third-order valence-electron chi connectivity index (χ3n) is 3.37. The van der Waals surface area contributed by atoms with Gasteiger partial charge in [-0.25, -0.2) is 4.39 Å². The fourth-order valence-corrected chi connectivity index (χ4v) is 2.42. The number of aryl methyl sites for hydroxylation is 2. The van der Waals surface area contributed by atoms with Crippen LogP contribution in [0.25, 0.3) is 0 Å². The van der Waals surface area contributed by atoms with Crippen molar-refractivity contribution in [3.05, 3.63) is 64.5 Å². The van der Waals surface area contributed by atoms with Crippen LogP contribution in [0, 0.1) is 19.7 Å². The van der Waals surface area contributed by atoms with Gasteiger partial charge < -0.3 is 10.1 Å². The summed E-state index contributed by atoms with van der Waals surface area (Å²) in [5.74, 6) is 0.657. The molecule has 0 aliphatic carbocycles. The van der Waals surface area contributed by atoms with Crippen molar-refractivity contribution in [2.75, 3.05) is 6.54 Å². The fraction of sp³-hybridized carbons (Fsp3) is 0.333. The molecule has 0 radical (unpaired) electrons. The minimum atomic E-state index is -0.231. The van der Waals surface area contributed by atoms with Crippen molar-refractivity contribution in [1.29, 1.82) is 0 Å². The first-order chi connectivity index (χ1) is 10.1. The number of hydrogen-bond donors (Lipinski definition) is 1. The molecule has 0 fully saturated rings. The molecule has 0 atom stereocenters. The van der Waals surface area contributed by atoms with Crippen LogP contribution in [0.15, 0.2) is 36.4 Å². The number of benzene rings is 2. The minimum absolute atomic E-state index is 0.231. The predicted molar refractivity (Wildman–Crippen MR) is 84.0 cm³/mol. The lowest BCUT2D eigenvalue weighted by Crippen LogP contribution is -2.12. The summed E-state index contributed by atoms with van der Waals surface area (Å²) >= 11 is 0. The van der Waals surface area contributed by atoms with Gasteiger partial charge in [0.2, 0.25) is 0 Å². The molecule has 2 nitrogen and oxygen atoms in total. The third-order valence-corrected chi connectivity index (χ3v) is 3.37. The minimum Gasteiger partial charge on any atom is -0.488 e. The van der Waals surface area contributed by atoms with Crippen LogP contribution in [0.2, 0.25) is 0 Å². The van der Waals surface area contributed by atoms with E-state index in [-0.39, 0.29) is 5.82 Å². The summed E-state index contributed by atoms with van der Waals surface area (Å²) < 4.78 is 19.0. The van der Waals surface area contributed by atoms with Crippen molar-refractivity contribution in [3.8, 4) is 5.75 Å². The normalized spacial score (nSPS) is 10.7. The van der Waals surface area contributed by atoms with E-state index < -0.39 is 0 Å². The third kappa shape index (κ3) is 4.30. The van der Waals surface area contributed by atoms with Gasteiger partial charge in [0.25, 0.3) is 0 Å². The number of hydrogen-bond acceptors (Lipinski definition) is 2. The van der Waals surface area contributed by atoms with Gasteiger partial charge in [0.15, 0.2) is 0 Å². The van der Waals surface area contributed by atoms with Gasteiger partial charge in [-0.3, -0.25) is 0 Å². The highest BCUT2D eigenvalue weighted by Gasteiger charge is 2.07. The Morgan fingerprint density at radius 2 is 1.76 bits per heavy atom. The fourth-order valence-electron chi connectivity index (χ4n) is 2.42. The van der Waals surface area contributed by atoms with Crippen LogP contribution in [0.1, 0.15) is 29.2 Å². The van der Waals surface area contributed by atoms with E-state index in [4.69, 9.17) is 4.74 Å². The van der Waals surface area contributed by atoms with Crippen molar-refractivity contribution >= 4 is 0 Å². The highest BCUT2D eigenvalue weighted by atomic mass is 19.1. The molecule has 0 unspecified atom stereocenters. The second kappa shape index (κ2) is 7.23. The van der Waals surface area contributed by atoms with E-state index in [9.17, 15) is 4.39 Å². The summed E-state index contributed by atoms with van der Waals surface area (Å²) in [7, 11) is 0. The molecule has 2 aromatic carbocycles. The topological polar surface area (TPSA) is 21.3 Å². The molecule has 0 bridgehead atoms. The Morgan fingerprint density at radius 3 is 2.38 bits per heavy atom. The van der Waals surface area contributed by atoms with Crippen LogP contribution in [0.5, 0.6) is 5.75 Å². The highest BCUT2D eigenvalue weighted by Crippen LogP contribution is 2.26. The zero-order valence-electron chi connectivity index (χ0n) is 12.9. The smallest absolute Gasteiger partial charge is 0.125 e. The van der Waals surface area contributed by atoms with E-state index in [0.29, 0.717) is 6.61 Å². The average Bonchev–Trinajstić information content (AvgIpc) is 2.44. The molecular formula is C18H22FNO. The first-order valence-electron chi connectivity index (χ1n) is 7.28. The molecule has 0 aromatic heterocycles. The van der Waals surface area contributed by atoms with E-state index in [0.717, 1.165) is 35.5 Å². The summed E-state index contributed by atoms with van der Waals surface area (Å²) in [5, 5.41) is 3.32. The summed E-state index contributed by atoms with van der Waals surface area (Å²) in [6, 6.07) is 10.8. The molecule has 112 valence electrons. The van der Waals surface area contributed by atoms with E-state index >= 15 is 0 Å².